The standard InChI is InChI=1S/C15H16N2O6/c1-3-23-15(20)14-12(9(2)18)8-13(19)16(14)10-5-4-6-11(7-10)17(21)22/h4-7,12,14H,3,8H2,1-2H3. The Kier molecular flexibility index (Phi) is 4.73. The van der Waals surface area contributed by atoms with Crippen molar-refractivity contribution >= 4 is 29.0 Å². The number of nitro benzene ring substituents is 1. The number of nitrogens with zero attached hydrogens (tertiary/aromatic N) is 2. The molecule has 0 saturated carbocycles. The Balaban J connectivity index is 2.46. The van der Waals surface area contributed by atoms with E-state index in [1.54, 1.807) is 6.92 Å². The largest absolute Gasteiger partial charge is 0.464 e. The molecule has 1 fully saturated rings. The van der Waals surface area contributed by atoms with Gasteiger partial charge in [-0.2, -0.15) is 0 Å². The molecule has 0 radical (unpaired) electrons. The molecule has 1 saturated heterocycles. The number of amides is 1. The number of esters is 1. The predicted molar refractivity (Wildman–Crippen MR) is 79.8 cm³/mol. The van der Waals surface area contributed by atoms with Crippen LogP contribution >= 0.6 is 0 Å². The lowest BCUT2D eigenvalue weighted by Crippen LogP contribution is -2.44. The summed E-state index contributed by atoms with van der Waals surface area (Å²) in [7, 11) is 0. The third-order valence-corrected chi connectivity index (χ3v) is 3.69. The van der Waals surface area contributed by atoms with Crippen LogP contribution in [0, 0.1) is 16.0 Å². The Morgan fingerprint density at radius 3 is 2.70 bits per heavy atom. The van der Waals surface area contributed by atoms with Gasteiger partial charge < -0.3 is 4.74 Å². The van der Waals surface area contributed by atoms with E-state index in [0.717, 1.165) is 4.90 Å². The maximum atomic E-state index is 12.3. The molecule has 1 amide bonds. The Morgan fingerprint density at radius 1 is 1.43 bits per heavy atom. The van der Waals surface area contributed by atoms with E-state index in [2.05, 4.69) is 0 Å². The van der Waals surface area contributed by atoms with Gasteiger partial charge in [0, 0.05) is 18.6 Å². The van der Waals surface area contributed by atoms with Gasteiger partial charge in [0.2, 0.25) is 5.91 Å². The third kappa shape index (κ3) is 3.20. The number of Topliss-reactive ketones (excluding diaryl/α,β-unsaturated/α-hetero) is 1. The molecule has 1 aliphatic rings. The highest BCUT2D eigenvalue weighted by Gasteiger charge is 2.48. The molecule has 23 heavy (non-hydrogen) atoms. The average molecular weight is 320 g/mol. The number of nitro groups is 1. The molecule has 2 atom stereocenters. The number of hydrogen-bond donors (Lipinski definition) is 0. The van der Waals surface area contributed by atoms with Crippen LogP contribution in [0.1, 0.15) is 20.3 Å². The second-order valence-corrected chi connectivity index (χ2v) is 5.16. The monoisotopic (exact) mass is 320 g/mol. The van der Waals surface area contributed by atoms with E-state index < -0.39 is 28.8 Å². The normalized spacial score (nSPS) is 20.4. The van der Waals surface area contributed by atoms with Crippen LogP contribution in [0.5, 0.6) is 0 Å². The second-order valence-electron chi connectivity index (χ2n) is 5.16. The van der Waals surface area contributed by atoms with Gasteiger partial charge in [0.15, 0.2) is 0 Å². The van der Waals surface area contributed by atoms with E-state index >= 15 is 0 Å². The number of rotatable bonds is 5. The molecule has 1 heterocycles. The number of benzene rings is 1. The van der Waals surface area contributed by atoms with Crippen molar-refractivity contribution < 1.29 is 24.0 Å². The van der Waals surface area contributed by atoms with E-state index in [4.69, 9.17) is 4.74 Å². The lowest BCUT2D eigenvalue weighted by molar-refractivity contribution is -0.384. The van der Waals surface area contributed by atoms with Crippen molar-refractivity contribution in [2.24, 2.45) is 5.92 Å². The minimum Gasteiger partial charge on any atom is -0.464 e. The minimum absolute atomic E-state index is 0.108. The van der Waals surface area contributed by atoms with Gasteiger partial charge in [-0.25, -0.2) is 4.79 Å². The van der Waals surface area contributed by atoms with E-state index in [9.17, 15) is 24.5 Å². The quantitative estimate of drug-likeness (QED) is 0.462. The fourth-order valence-electron chi connectivity index (χ4n) is 2.66. The molecular weight excluding hydrogens is 304 g/mol. The predicted octanol–water partition coefficient (Wildman–Crippen LogP) is 1.47. The van der Waals surface area contributed by atoms with Gasteiger partial charge in [0.25, 0.3) is 5.69 Å². The smallest absolute Gasteiger partial charge is 0.330 e. The third-order valence-electron chi connectivity index (χ3n) is 3.69. The second kappa shape index (κ2) is 6.55. The van der Waals surface area contributed by atoms with Crippen LogP contribution in [0.4, 0.5) is 11.4 Å². The molecule has 8 nitrogen and oxygen atoms in total. The van der Waals surface area contributed by atoms with Crippen molar-refractivity contribution in [2.45, 2.75) is 26.3 Å². The van der Waals surface area contributed by atoms with Gasteiger partial charge in [-0.15, -0.1) is 0 Å². The summed E-state index contributed by atoms with van der Waals surface area (Å²) >= 11 is 0. The van der Waals surface area contributed by atoms with E-state index in [1.165, 1.54) is 31.2 Å². The number of ether oxygens (including phenoxy) is 1. The average Bonchev–Trinajstić information content (AvgIpc) is 2.85. The Hall–Kier alpha value is -2.77. The highest BCUT2D eigenvalue weighted by Crippen LogP contribution is 2.34. The van der Waals surface area contributed by atoms with Crippen LogP contribution in [0.25, 0.3) is 0 Å². The first-order chi connectivity index (χ1) is 10.9. The highest BCUT2D eigenvalue weighted by atomic mass is 16.6. The molecule has 1 aromatic rings. The van der Waals surface area contributed by atoms with Gasteiger partial charge in [0.1, 0.15) is 11.8 Å². The first kappa shape index (κ1) is 16.6. The molecule has 1 aromatic carbocycles. The molecule has 1 aliphatic heterocycles. The summed E-state index contributed by atoms with van der Waals surface area (Å²) in [6.45, 7) is 3.03. The fourth-order valence-corrected chi connectivity index (χ4v) is 2.66. The lowest BCUT2D eigenvalue weighted by atomic mass is 9.96. The zero-order valence-electron chi connectivity index (χ0n) is 12.7. The van der Waals surface area contributed by atoms with Crippen LogP contribution in [0.15, 0.2) is 24.3 Å². The van der Waals surface area contributed by atoms with Crippen molar-refractivity contribution in [1.29, 1.82) is 0 Å². The molecule has 0 bridgehead atoms. The molecule has 0 N–H and O–H groups in total. The SMILES string of the molecule is CCOC(=O)C1C(C(C)=O)CC(=O)N1c1cccc([N+](=O)[O-])c1. The van der Waals surface area contributed by atoms with Crippen LogP contribution in [-0.2, 0) is 19.1 Å². The number of anilines is 1. The van der Waals surface area contributed by atoms with E-state index in [0.29, 0.717) is 0 Å². The first-order valence-electron chi connectivity index (χ1n) is 7.10. The first-order valence-corrected chi connectivity index (χ1v) is 7.10. The highest BCUT2D eigenvalue weighted by molar-refractivity contribution is 6.07. The molecule has 0 spiro atoms. The zero-order valence-corrected chi connectivity index (χ0v) is 12.7. The number of non-ortho nitro benzene ring substituents is 1. The van der Waals surface area contributed by atoms with Crippen LogP contribution in [0.2, 0.25) is 0 Å². The molecule has 8 heteroatoms. The fraction of sp³-hybridized carbons (Fsp3) is 0.400. The summed E-state index contributed by atoms with van der Waals surface area (Å²) in [5.41, 5.74) is -0.00446. The molecule has 0 aliphatic carbocycles. The van der Waals surface area contributed by atoms with Crippen molar-refractivity contribution in [2.75, 3.05) is 11.5 Å². The minimum atomic E-state index is -1.10. The van der Waals surface area contributed by atoms with Gasteiger partial charge in [-0.3, -0.25) is 24.6 Å². The Labute approximate surface area is 132 Å². The molecule has 122 valence electrons. The van der Waals surface area contributed by atoms with Crippen molar-refractivity contribution in [1.82, 2.24) is 0 Å². The number of hydrogen-bond acceptors (Lipinski definition) is 6. The van der Waals surface area contributed by atoms with Crippen LogP contribution < -0.4 is 4.90 Å². The van der Waals surface area contributed by atoms with Gasteiger partial charge in [0.05, 0.1) is 23.1 Å². The summed E-state index contributed by atoms with van der Waals surface area (Å²) in [5, 5.41) is 10.9. The molecule has 2 unspecified atom stereocenters. The van der Waals surface area contributed by atoms with Crippen molar-refractivity contribution in [3.8, 4) is 0 Å². The molecular formula is C15H16N2O6. The van der Waals surface area contributed by atoms with Crippen molar-refractivity contribution in [3.05, 3.63) is 34.4 Å². The Bertz CT molecular complexity index is 672. The summed E-state index contributed by atoms with van der Waals surface area (Å²) in [5.74, 6) is -2.25. The summed E-state index contributed by atoms with van der Waals surface area (Å²) in [6.07, 6.45) is -0.124. The number of carbonyl (C=O) groups excluding carboxylic acids is 3. The maximum absolute atomic E-state index is 12.3. The number of carbonyl (C=O) groups is 3. The summed E-state index contributed by atoms with van der Waals surface area (Å²) in [4.78, 5) is 47.7. The molecule has 2 rings (SSSR count). The molecule has 0 aromatic heterocycles. The van der Waals surface area contributed by atoms with Gasteiger partial charge in [-0.05, 0) is 19.9 Å². The Morgan fingerprint density at radius 2 is 2.13 bits per heavy atom. The van der Waals surface area contributed by atoms with Crippen LogP contribution in [0.3, 0.4) is 0 Å². The summed E-state index contributed by atoms with van der Waals surface area (Å²) in [6, 6.07) is 4.30. The van der Waals surface area contributed by atoms with E-state index in [1.807, 2.05) is 0 Å². The zero-order chi connectivity index (χ0) is 17.1. The lowest BCUT2D eigenvalue weighted by Gasteiger charge is -2.25. The van der Waals surface area contributed by atoms with Gasteiger partial charge in [-0.1, -0.05) is 6.07 Å². The van der Waals surface area contributed by atoms with Crippen molar-refractivity contribution in [3.63, 3.8) is 0 Å². The maximum Gasteiger partial charge on any atom is 0.330 e. The van der Waals surface area contributed by atoms with Crippen LogP contribution in [-0.4, -0.2) is 35.2 Å². The topological polar surface area (TPSA) is 107 Å². The number of ketones is 1. The summed E-state index contributed by atoms with van der Waals surface area (Å²) < 4.78 is 4.97. The van der Waals surface area contributed by atoms with E-state index in [-0.39, 0.29) is 30.2 Å². The van der Waals surface area contributed by atoms with Gasteiger partial charge >= 0.3 is 5.97 Å².